The number of aromatic amines is 1. The maximum absolute atomic E-state index is 12.4. The molecule has 1 unspecified atom stereocenters. The zero-order chi connectivity index (χ0) is 17.1. The number of carbonyl (C=O) groups is 1. The van der Waals surface area contributed by atoms with Gasteiger partial charge < -0.3 is 15.0 Å². The molecule has 6 nitrogen and oxygen atoms in total. The summed E-state index contributed by atoms with van der Waals surface area (Å²) in [6.07, 6.45) is 3.83. The molecule has 2 aromatic heterocycles. The molecule has 2 N–H and O–H groups in total. The number of hydrogen-bond acceptors (Lipinski definition) is 4. The van der Waals surface area contributed by atoms with Crippen LogP contribution in [-0.4, -0.2) is 34.1 Å². The SMILES string of the molecule is O=C(NCc1ccnc(C2CCCOC2)n1)c1cc2ccccc2[nH]1. The molecule has 6 heteroatoms. The molecule has 1 saturated heterocycles. The predicted octanol–water partition coefficient (Wildman–Crippen LogP) is 2.78. The molecule has 3 heterocycles. The van der Waals surface area contributed by atoms with Gasteiger partial charge in [0.2, 0.25) is 0 Å². The van der Waals surface area contributed by atoms with Gasteiger partial charge in [-0.15, -0.1) is 0 Å². The number of hydrogen-bond donors (Lipinski definition) is 2. The van der Waals surface area contributed by atoms with Crippen LogP contribution in [0.4, 0.5) is 0 Å². The van der Waals surface area contributed by atoms with Crippen molar-refractivity contribution in [2.75, 3.05) is 13.2 Å². The highest BCUT2D eigenvalue weighted by molar-refractivity contribution is 5.97. The number of aromatic nitrogens is 3. The van der Waals surface area contributed by atoms with Crippen molar-refractivity contribution in [2.24, 2.45) is 0 Å². The first kappa shape index (κ1) is 15.8. The van der Waals surface area contributed by atoms with Gasteiger partial charge in [0.1, 0.15) is 11.5 Å². The molecule has 0 saturated carbocycles. The number of ether oxygens (including phenoxy) is 1. The van der Waals surface area contributed by atoms with Gasteiger partial charge in [-0.25, -0.2) is 9.97 Å². The topological polar surface area (TPSA) is 79.9 Å². The number of nitrogens with one attached hydrogen (secondary N) is 2. The Balaban J connectivity index is 1.42. The molecule has 4 rings (SSSR count). The molecule has 1 amide bonds. The van der Waals surface area contributed by atoms with Crippen LogP contribution in [0.25, 0.3) is 10.9 Å². The van der Waals surface area contributed by atoms with Gasteiger partial charge in [0.25, 0.3) is 5.91 Å². The van der Waals surface area contributed by atoms with Crippen molar-refractivity contribution in [1.29, 1.82) is 0 Å². The molecule has 0 radical (unpaired) electrons. The lowest BCUT2D eigenvalue weighted by Gasteiger charge is -2.20. The zero-order valence-corrected chi connectivity index (χ0v) is 13.9. The summed E-state index contributed by atoms with van der Waals surface area (Å²) in [7, 11) is 0. The van der Waals surface area contributed by atoms with Crippen LogP contribution in [0.3, 0.4) is 0 Å². The number of rotatable bonds is 4. The Morgan fingerprint density at radius 3 is 3.08 bits per heavy atom. The summed E-state index contributed by atoms with van der Waals surface area (Å²) in [5.74, 6) is 0.910. The molecule has 25 heavy (non-hydrogen) atoms. The largest absolute Gasteiger partial charge is 0.381 e. The minimum absolute atomic E-state index is 0.141. The van der Waals surface area contributed by atoms with Gasteiger partial charge in [0.05, 0.1) is 18.8 Å². The Kier molecular flexibility index (Phi) is 4.43. The normalized spacial score (nSPS) is 17.5. The van der Waals surface area contributed by atoms with E-state index < -0.39 is 0 Å². The number of amides is 1. The van der Waals surface area contributed by atoms with Crippen LogP contribution in [0.5, 0.6) is 0 Å². The molecule has 128 valence electrons. The van der Waals surface area contributed by atoms with Crippen molar-refractivity contribution in [3.05, 3.63) is 59.8 Å². The summed E-state index contributed by atoms with van der Waals surface area (Å²) < 4.78 is 5.51. The first-order valence-corrected chi connectivity index (χ1v) is 8.55. The highest BCUT2D eigenvalue weighted by Crippen LogP contribution is 2.22. The summed E-state index contributed by atoms with van der Waals surface area (Å²) in [6.45, 7) is 1.86. The average molecular weight is 336 g/mol. The summed E-state index contributed by atoms with van der Waals surface area (Å²) in [6, 6.07) is 11.5. The number of carbonyl (C=O) groups excluding carboxylic acids is 1. The molecule has 1 fully saturated rings. The Labute approximate surface area is 145 Å². The van der Waals surface area contributed by atoms with Gasteiger partial charge in [0, 0.05) is 29.6 Å². The van der Waals surface area contributed by atoms with Gasteiger partial charge in [-0.3, -0.25) is 4.79 Å². The lowest BCUT2D eigenvalue weighted by Crippen LogP contribution is -2.24. The third-order valence-corrected chi connectivity index (χ3v) is 4.46. The van der Waals surface area contributed by atoms with Crippen LogP contribution >= 0.6 is 0 Å². The second kappa shape index (κ2) is 7.03. The molecule has 1 aliphatic rings. The van der Waals surface area contributed by atoms with Gasteiger partial charge in [-0.2, -0.15) is 0 Å². The quantitative estimate of drug-likeness (QED) is 0.768. The second-order valence-corrected chi connectivity index (χ2v) is 6.27. The van der Waals surface area contributed by atoms with Crippen LogP contribution in [0.2, 0.25) is 0 Å². The van der Waals surface area contributed by atoms with Crippen molar-refractivity contribution in [1.82, 2.24) is 20.3 Å². The van der Waals surface area contributed by atoms with E-state index in [2.05, 4.69) is 20.3 Å². The number of nitrogens with zero attached hydrogens (tertiary/aromatic N) is 2. The molecule has 0 aliphatic carbocycles. The molecular formula is C19H20N4O2. The fourth-order valence-electron chi connectivity index (χ4n) is 3.11. The lowest BCUT2D eigenvalue weighted by atomic mass is 10.0. The molecule has 0 spiro atoms. The minimum Gasteiger partial charge on any atom is -0.381 e. The van der Waals surface area contributed by atoms with Crippen molar-refractivity contribution in [2.45, 2.75) is 25.3 Å². The van der Waals surface area contributed by atoms with Gasteiger partial charge in [0.15, 0.2) is 0 Å². The van der Waals surface area contributed by atoms with Gasteiger partial charge in [-0.05, 0) is 31.0 Å². The smallest absolute Gasteiger partial charge is 0.268 e. The maximum Gasteiger partial charge on any atom is 0.268 e. The molecular weight excluding hydrogens is 316 g/mol. The molecule has 1 aliphatic heterocycles. The fourth-order valence-corrected chi connectivity index (χ4v) is 3.11. The van der Waals surface area contributed by atoms with Crippen molar-refractivity contribution in [3.8, 4) is 0 Å². The van der Waals surface area contributed by atoms with Gasteiger partial charge in [-0.1, -0.05) is 18.2 Å². The van der Waals surface area contributed by atoms with E-state index in [1.165, 1.54) is 0 Å². The second-order valence-electron chi connectivity index (χ2n) is 6.27. The Morgan fingerprint density at radius 2 is 2.24 bits per heavy atom. The van der Waals surface area contributed by atoms with E-state index in [0.717, 1.165) is 41.9 Å². The molecule has 1 atom stereocenters. The number of benzene rings is 1. The van der Waals surface area contributed by atoms with E-state index in [0.29, 0.717) is 18.8 Å². The lowest BCUT2D eigenvalue weighted by molar-refractivity contribution is 0.0779. The standard InChI is InChI=1S/C19H20N4O2/c24-19(17-10-13-4-1-2-6-16(13)23-17)21-11-15-7-8-20-18(22-15)14-5-3-9-25-12-14/h1-2,4,6-8,10,14,23H,3,5,9,11-12H2,(H,21,24). The van der Waals surface area contributed by atoms with Crippen LogP contribution in [0.15, 0.2) is 42.6 Å². The van der Waals surface area contributed by atoms with Crippen LogP contribution in [0.1, 0.15) is 40.8 Å². The van der Waals surface area contributed by atoms with Crippen molar-refractivity contribution >= 4 is 16.8 Å². The third kappa shape index (κ3) is 3.53. The minimum atomic E-state index is -0.141. The van der Waals surface area contributed by atoms with Crippen LogP contribution in [-0.2, 0) is 11.3 Å². The Bertz CT molecular complexity index is 851. The number of para-hydroxylation sites is 1. The van der Waals surface area contributed by atoms with E-state index in [1.54, 1.807) is 6.20 Å². The highest BCUT2D eigenvalue weighted by atomic mass is 16.5. The zero-order valence-electron chi connectivity index (χ0n) is 13.9. The average Bonchev–Trinajstić information content (AvgIpc) is 3.11. The highest BCUT2D eigenvalue weighted by Gasteiger charge is 2.19. The van der Waals surface area contributed by atoms with Crippen molar-refractivity contribution < 1.29 is 9.53 Å². The first-order chi connectivity index (χ1) is 12.3. The Hall–Kier alpha value is -2.73. The third-order valence-electron chi connectivity index (χ3n) is 4.46. The number of H-pyrrole nitrogens is 1. The van der Waals surface area contributed by atoms with E-state index in [4.69, 9.17) is 4.74 Å². The van der Waals surface area contributed by atoms with E-state index >= 15 is 0 Å². The van der Waals surface area contributed by atoms with E-state index in [1.807, 2.05) is 36.4 Å². The summed E-state index contributed by atoms with van der Waals surface area (Å²) in [4.78, 5) is 24.5. The maximum atomic E-state index is 12.4. The molecule has 3 aromatic rings. The fraction of sp³-hybridized carbons (Fsp3) is 0.316. The first-order valence-electron chi connectivity index (χ1n) is 8.55. The van der Waals surface area contributed by atoms with Crippen molar-refractivity contribution in [3.63, 3.8) is 0 Å². The monoisotopic (exact) mass is 336 g/mol. The molecule has 1 aromatic carbocycles. The van der Waals surface area contributed by atoms with Gasteiger partial charge >= 0.3 is 0 Å². The van der Waals surface area contributed by atoms with Crippen LogP contribution < -0.4 is 5.32 Å². The summed E-state index contributed by atoms with van der Waals surface area (Å²) >= 11 is 0. The molecule has 0 bridgehead atoms. The van der Waals surface area contributed by atoms with E-state index in [-0.39, 0.29) is 11.8 Å². The summed E-state index contributed by atoms with van der Waals surface area (Å²) in [5, 5.41) is 3.94. The predicted molar refractivity (Wildman–Crippen MR) is 94.3 cm³/mol. The summed E-state index contributed by atoms with van der Waals surface area (Å²) in [5.41, 5.74) is 2.31. The van der Waals surface area contributed by atoms with E-state index in [9.17, 15) is 4.79 Å². The number of fused-ring (bicyclic) bond motifs is 1. The Morgan fingerprint density at radius 1 is 1.32 bits per heavy atom. The van der Waals surface area contributed by atoms with Crippen LogP contribution in [0, 0.1) is 0 Å².